The van der Waals surface area contributed by atoms with Crippen molar-refractivity contribution in [2.24, 2.45) is 11.3 Å². The lowest BCUT2D eigenvalue weighted by Crippen LogP contribution is -2.44. The van der Waals surface area contributed by atoms with Gasteiger partial charge in [-0.3, -0.25) is 0 Å². The highest BCUT2D eigenvalue weighted by Crippen LogP contribution is 2.58. The number of hydrogen-bond donors (Lipinski definition) is 2. The summed E-state index contributed by atoms with van der Waals surface area (Å²) in [6, 6.07) is 15.6. The van der Waals surface area contributed by atoms with Crippen LogP contribution in [0.4, 0.5) is 21.6 Å². The molecule has 2 unspecified atom stereocenters. The molecule has 2 atom stereocenters. The van der Waals surface area contributed by atoms with E-state index in [1.165, 1.54) is 0 Å². The topological polar surface area (TPSA) is 94.1 Å². The molecule has 1 saturated carbocycles. The summed E-state index contributed by atoms with van der Waals surface area (Å²) in [6.07, 6.45) is 1.99. The molecule has 4 aromatic rings. The van der Waals surface area contributed by atoms with Crippen LogP contribution in [0.15, 0.2) is 48.5 Å². The summed E-state index contributed by atoms with van der Waals surface area (Å²) in [7, 11) is 3.33. The highest BCUT2D eigenvalue weighted by molar-refractivity contribution is 7.15. The van der Waals surface area contributed by atoms with Crippen molar-refractivity contribution in [3.8, 4) is 11.5 Å². The van der Waals surface area contributed by atoms with Crippen LogP contribution in [0.3, 0.4) is 0 Å². The standard InChI is InChI=1S/C25H28N6O2S2/c1-25(2)15(14-21-28-30-23(34-21)26-16-5-9-18(32-3)10-6-16)13-20(25)22-29-31-24(35-22)27-17-7-11-19(33-4)12-8-17/h5-12,15,20H,13-14H2,1-4H3,(H,26,30)(H,27,31). The Labute approximate surface area is 212 Å². The summed E-state index contributed by atoms with van der Waals surface area (Å²) in [4.78, 5) is 0. The van der Waals surface area contributed by atoms with E-state index in [0.29, 0.717) is 11.8 Å². The van der Waals surface area contributed by atoms with Crippen molar-refractivity contribution in [3.05, 3.63) is 58.5 Å². The zero-order valence-corrected chi connectivity index (χ0v) is 21.7. The predicted molar refractivity (Wildman–Crippen MR) is 141 cm³/mol. The van der Waals surface area contributed by atoms with Crippen LogP contribution in [0.5, 0.6) is 11.5 Å². The average molecular weight is 509 g/mol. The van der Waals surface area contributed by atoms with Gasteiger partial charge in [0.15, 0.2) is 0 Å². The number of nitrogens with one attached hydrogen (secondary N) is 2. The third-order valence-electron chi connectivity index (χ3n) is 6.78. The van der Waals surface area contributed by atoms with Crippen LogP contribution < -0.4 is 20.1 Å². The van der Waals surface area contributed by atoms with E-state index in [4.69, 9.17) is 9.47 Å². The Morgan fingerprint density at radius 1 is 0.800 bits per heavy atom. The second-order valence-corrected chi connectivity index (χ2v) is 11.2. The number of methoxy groups -OCH3 is 2. The second kappa shape index (κ2) is 9.79. The number of benzene rings is 2. The molecule has 2 N–H and O–H groups in total. The number of ether oxygens (including phenoxy) is 2. The summed E-state index contributed by atoms with van der Waals surface area (Å²) in [5, 5.41) is 28.1. The molecule has 8 nitrogen and oxygen atoms in total. The minimum atomic E-state index is 0.117. The molecule has 0 spiro atoms. The lowest BCUT2D eigenvalue weighted by molar-refractivity contribution is 0.0329. The van der Waals surface area contributed by atoms with Gasteiger partial charge in [-0.05, 0) is 66.3 Å². The van der Waals surface area contributed by atoms with E-state index >= 15 is 0 Å². The third kappa shape index (κ3) is 5.08. The number of aromatic nitrogens is 4. The zero-order chi connectivity index (χ0) is 24.4. The first-order chi connectivity index (χ1) is 16.9. The van der Waals surface area contributed by atoms with Crippen molar-refractivity contribution in [2.45, 2.75) is 32.6 Å². The quantitative estimate of drug-likeness (QED) is 0.273. The van der Waals surface area contributed by atoms with Gasteiger partial charge in [0.1, 0.15) is 21.5 Å². The Morgan fingerprint density at radius 3 is 1.89 bits per heavy atom. The Kier molecular flexibility index (Phi) is 6.57. The maximum absolute atomic E-state index is 5.22. The van der Waals surface area contributed by atoms with Crippen LogP contribution in [0.25, 0.3) is 0 Å². The highest BCUT2D eigenvalue weighted by Gasteiger charge is 2.50. The normalized spacial score (nSPS) is 18.5. The average Bonchev–Trinajstić information content (AvgIpc) is 3.51. The molecule has 2 aromatic heterocycles. The van der Waals surface area contributed by atoms with Gasteiger partial charge in [-0.1, -0.05) is 36.5 Å². The first kappa shape index (κ1) is 23.5. The Morgan fingerprint density at radius 2 is 1.34 bits per heavy atom. The number of rotatable bonds is 9. The minimum Gasteiger partial charge on any atom is -0.497 e. The van der Waals surface area contributed by atoms with Gasteiger partial charge in [0.25, 0.3) is 0 Å². The maximum Gasteiger partial charge on any atom is 0.210 e. The maximum atomic E-state index is 5.22. The Hall–Kier alpha value is -3.24. The highest BCUT2D eigenvalue weighted by atomic mass is 32.1. The molecule has 1 aliphatic rings. The third-order valence-corrected chi connectivity index (χ3v) is 8.59. The molecule has 35 heavy (non-hydrogen) atoms. The summed E-state index contributed by atoms with van der Waals surface area (Å²) >= 11 is 3.24. The van der Waals surface area contributed by atoms with Crippen molar-refractivity contribution >= 4 is 44.3 Å². The largest absolute Gasteiger partial charge is 0.497 e. The lowest BCUT2D eigenvalue weighted by Gasteiger charge is -2.51. The number of hydrogen-bond acceptors (Lipinski definition) is 10. The molecule has 1 aliphatic carbocycles. The van der Waals surface area contributed by atoms with Crippen LogP contribution in [-0.2, 0) is 6.42 Å². The van der Waals surface area contributed by atoms with E-state index in [9.17, 15) is 0 Å². The Balaban J connectivity index is 1.17. The smallest absolute Gasteiger partial charge is 0.210 e. The molecule has 0 amide bonds. The molecule has 0 bridgehead atoms. The molecule has 0 radical (unpaired) electrons. The summed E-state index contributed by atoms with van der Waals surface area (Å²) in [6.45, 7) is 4.64. The van der Waals surface area contributed by atoms with E-state index < -0.39 is 0 Å². The SMILES string of the molecule is COc1ccc(Nc2nnc(CC3CC(c4nnc(Nc5ccc(OC)cc5)s4)C3(C)C)s2)cc1. The van der Waals surface area contributed by atoms with E-state index in [-0.39, 0.29) is 5.41 Å². The first-order valence-electron chi connectivity index (χ1n) is 11.4. The van der Waals surface area contributed by atoms with Crippen LogP contribution >= 0.6 is 22.7 Å². The minimum absolute atomic E-state index is 0.117. The van der Waals surface area contributed by atoms with Gasteiger partial charge < -0.3 is 20.1 Å². The van der Waals surface area contributed by atoms with E-state index in [0.717, 1.165) is 56.0 Å². The van der Waals surface area contributed by atoms with Gasteiger partial charge in [0.2, 0.25) is 10.3 Å². The lowest BCUT2D eigenvalue weighted by atomic mass is 9.54. The van der Waals surface area contributed by atoms with Crippen molar-refractivity contribution in [2.75, 3.05) is 24.9 Å². The molecule has 182 valence electrons. The number of nitrogens with zero attached hydrogens (tertiary/aromatic N) is 4. The van der Waals surface area contributed by atoms with E-state index in [2.05, 4.69) is 44.9 Å². The van der Waals surface area contributed by atoms with Gasteiger partial charge in [-0.25, -0.2) is 0 Å². The summed E-state index contributed by atoms with van der Waals surface area (Å²) in [5.41, 5.74) is 2.05. The molecule has 1 fully saturated rings. The van der Waals surface area contributed by atoms with Crippen molar-refractivity contribution in [1.82, 2.24) is 20.4 Å². The molecule has 10 heteroatoms. The fourth-order valence-electron chi connectivity index (χ4n) is 4.40. The zero-order valence-electron chi connectivity index (χ0n) is 20.1. The van der Waals surface area contributed by atoms with E-state index in [1.54, 1.807) is 36.9 Å². The van der Waals surface area contributed by atoms with E-state index in [1.807, 2.05) is 48.5 Å². The molecular formula is C25H28N6O2S2. The van der Waals surface area contributed by atoms with Gasteiger partial charge in [0, 0.05) is 23.7 Å². The Bertz CT molecular complexity index is 1270. The van der Waals surface area contributed by atoms with Crippen molar-refractivity contribution in [1.29, 1.82) is 0 Å². The van der Waals surface area contributed by atoms with Crippen LogP contribution in [0.1, 0.15) is 36.2 Å². The van der Waals surface area contributed by atoms with Crippen molar-refractivity contribution in [3.63, 3.8) is 0 Å². The predicted octanol–water partition coefficient (Wildman–Crippen LogP) is 6.27. The monoisotopic (exact) mass is 508 g/mol. The van der Waals surface area contributed by atoms with Crippen molar-refractivity contribution < 1.29 is 9.47 Å². The second-order valence-electron chi connectivity index (χ2n) is 9.16. The molecule has 5 rings (SSSR count). The van der Waals surface area contributed by atoms with Crippen LogP contribution in [0, 0.1) is 11.3 Å². The van der Waals surface area contributed by atoms with Gasteiger partial charge >= 0.3 is 0 Å². The summed E-state index contributed by atoms with van der Waals surface area (Å²) < 4.78 is 10.4. The first-order valence-corrected chi connectivity index (χ1v) is 13.1. The molecule has 2 heterocycles. The van der Waals surface area contributed by atoms with Crippen LogP contribution in [0.2, 0.25) is 0 Å². The fourth-order valence-corrected chi connectivity index (χ4v) is 6.31. The summed E-state index contributed by atoms with van der Waals surface area (Å²) in [5.74, 6) is 2.57. The van der Waals surface area contributed by atoms with Crippen LogP contribution in [-0.4, -0.2) is 34.6 Å². The van der Waals surface area contributed by atoms with Gasteiger partial charge in [0.05, 0.1) is 14.2 Å². The molecule has 2 aromatic carbocycles. The molecule has 0 aliphatic heterocycles. The van der Waals surface area contributed by atoms with Gasteiger partial charge in [-0.2, -0.15) is 0 Å². The molecular weight excluding hydrogens is 480 g/mol. The molecule has 0 saturated heterocycles. The van der Waals surface area contributed by atoms with Gasteiger partial charge in [-0.15, -0.1) is 20.4 Å². The fraction of sp³-hybridized carbons (Fsp3) is 0.360. The number of anilines is 4.